The molecule has 122 valence electrons. The van der Waals surface area contributed by atoms with Gasteiger partial charge in [0.15, 0.2) is 5.65 Å². The molecule has 6 heteroatoms. The van der Waals surface area contributed by atoms with Crippen molar-refractivity contribution in [2.75, 3.05) is 13.7 Å². The van der Waals surface area contributed by atoms with Crippen LogP contribution in [0, 0.1) is 6.92 Å². The van der Waals surface area contributed by atoms with Gasteiger partial charge >= 0.3 is 0 Å². The largest absolute Gasteiger partial charge is 0.497 e. The monoisotopic (exact) mass is 322 g/mol. The Balaban J connectivity index is 1.64. The molecule has 0 radical (unpaired) electrons. The summed E-state index contributed by atoms with van der Waals surface area (Å²) >= 11 is 0. The van der Waals surface area contributed by atoms with E-state index in [1.54, 1.807) is 13.2 Å². The van der Waals surface area contributed by atoms with Crippen molar-refractivity contribution in [3.63, 3.8) is 0 Å². The molecule has 2 aromatic heterocycles. The van der Waals surface area contributed by atoms with E-state index >= 15 is 0 Å². The van der Waals surface area contributed by atoms with Gasteiger partial charge in [0.25, 0.3) is 5.91 Å². The molecule has 1 amide bonds. The topological polar surface area (TPSA) is 59.7 Å². The Bertz CT molecular complexity index is 932. The Morgan fingerprint density at radius 2 is 2.17 bits per heavy atom. The van der Waals surface area contributed by atoms with Gasteiger partial charge in [0.1, 0.15) is 5.75 Å². The molecule has 1 aromatic carbocycles. The summed E-state index contributed by atoms with van der Waals surface area (Å²) in [4.78, 5) is 19.1. The minimum Gasteiger partial charge on any atom is -0.497 e. The number of carbonyl (C=O) groups is 1. The fourth-order valence-corrected chi connectivity index (χ4v) is 3.17. The highest BCUT2D eigenvalue weighted by atomic mass is 16.5. The zero-order valence-corrected chi connectivity index (χ0v) is 13.7. The van der Waals surface area contributed by atoms with E-state index in [-0.39, 0.29) is 5.91 Å². The first-order valence-electron chi connectivity index (χ1n) is 7.92. The lowest BCUT2D eigenvalue weighted by atomic mass is 10.1. The molecule has 0 atom stereocenters. The molecule has 0 fully saturated rings. The van der Waals surface area contributed by atoms with Gasteiger partial charge in [0.2, 0.25) is 0 Å². The van der Waals surface area contributed by atoms with Crippen LogP contribution < -0.4 is 4.74 Å². The van der Waals surface area contributed by atoms with Crippen LogP contribution in [0.25, 0.3) is 5.65 Å². The van der Waals surface area contributed by atoms with Crippen LogP contribution in [0.1, 0.15) is 27.3 Å². The molecule has 6 nitrogen and oxygen atoms in total. The summed E-state index contributed by atoms with van der Waals surface area (Å²) < 4.78 is 7.11. The summed E-state index contributed by atoms with van der Waals surface area (Å²) in [6, 6.07) is 9.23. The number of aromatic nitrogens is 3. The molecule has 0 aliphatic carbocycles. The molecular weight excluding hydrogens is 304 g/mol. The number of rotatable bonds is 2. The molecule has 3 heterocycles. The van der Waals surface area contributed by atoms with E-state index in [2.05, 4.69) is 10.1 Å². The van der Waals surface area contributed by atoms with Gasteiger partial charge < -0.3 is 9.64 Å². The Kier molecular flexibility index (Phi) is 3.45. The van der Waals surface area contributed by atoms with Crippen molar-refractivity contribution < 1.29 is 9.53 Å². The second-order valence-corrected chi connectivity index (χ2v) is 5.99. The Labute approximate surface area is 139 Å². The van der Waals surface area contributed by atoms with Crippen molar-refractivity contribution in [3.05, 3.63) is 59.0 Å². The summed E-state index contributed by atoms with van der Waals surface area (Å²) in [5, 5.41) is 4.51. The van der Waals surface area contributed by atoms with Crippen molar-refractivity contribution in [1.29, 1.82) is 0 Å². The van der Waals surface area contributed by atoms with Gasteiger partial charge in [-0.3, -0.25) is 4.79 Å². The smallest absolute Gasteiger partial charge is 0.254 e. The summed E-state index contributed by atoms with van der Waals surface area (Å²) in [7, 11) is 1.60. The van der Waals surface area contributed by atoms with Crippen molar-refractivity contribution in [2.24, 2.45) is 0 Å². The first kappa shape index (κ1) is 14.7. The number of ether oxygens (including phenoxy) is 1. The van der Waals surface area contributed by atoms with Crippen molar-refractivity contribution in [3.8, 4) is 5.75 Å². The summed E-state index contributed by atoms with van der Waals surface area (Å²) in [6.45, 7) is 3.18. The van der Waals surface area contributed by atoms with E-state index in [0.29, 0.717) is 24.4 Å². The fraction of sp³-hybridized carbons (Fsp3) is 0.278. The SMILES string of the molecule is COc1cccc(C(=O)N2CCc3c(cnc4cc(C)nn34)C2)c1. The number of methoxy groups -OCH3 is 1. The van der Waals surface area contributed by atoms with Crippen LogP contribution in [0.15, 0.2) is 36.5 Å². The normalized spacial score (nSPS) is 13.8. The second kappa shape index (κ2) is 5.63. The maximum atomic E-state index is 12.8. The molecule has 0 unspecified atom stereocenters. The van der Waals surface area contributed by atoms with E-state index in [1.807, 2.05) is 46.8 Å². The quantitative estimate of drug-likeness (QED) is 0.726. The number of carbonyl (C=O) groups excluding carboxylic acids is 1. The average Bonchev–Trinajstić information content (AvgIpc) is 3.01. The number of fused-ring (bicyclic) bond motifs is 3. The van der Waals surface area contributed by atoms with Crippen molar-refractivity contribution in [1.82, 2.24) is 19.5 Å². The second-order valence-electron chi connectivity index (χ2n) is 5.99. The van der Waals surface area contributed by atoms with Crippen LogP contribution in [0.2, 0.25) is 0 Å². The van der Waals surface area contributed by atoms with Gasteiger partial charge in [-0.2, -0.15) is 5.10 Å². The molecule has 3 aromatic rings. The number of hydrogen-bond donors (Lipinski definition) is 0. The fourth-order valence-electron chi connectivity index (χ4n) is 3.17. The van der Waals surface area contributed by atoms with E-state index < -0.39 is 0 Å². The molecule has 0 N–H and O–H groups in total. The maximum absolute atomic E-state index is 12.8. The van der Waals surface area contributed by atoms with Gasteiger partial charge in [-0.1, -0.05) is 6.07 Å². The van der Waals surface area contributed by atoms with Crippen molar-refractivity contribution in [2.45, 2.75) is 19.9 Å². The standard InChI is InChI=1S/C18H18N4O2/c1-12-8-17-19-10-14-11-21(7-6-16(14)22(17)20-12)18(23)13-4-3-5-15(9-13)24-2/h3-5,8-10H,6-7,11H2,1-2H3. The zero-order valence-electron chi connectivity index (χ0n) is 13.7. The lowest BCUT2D eigenvalue weighted by Gasteiger charge is -2.29. The van der Waals surface area contributed by atoms with Gasteiger partial charge in [0.05, 0.1) is 18.5 Å². The average molecular weight is 322 g/mol. The van der Waals surface area contributed by atoms with E-state index in [9.17, 15) is 4.79 Å². The van der Waals surface area contributed by atoms with Crippen LogP contribution in [0.4, 0.5) is 0 Å². The van der Waals surface area contributed by atoms with Gasteiger partial charge in [-0.25, -0.2) is 9.50 Å². The molecule has 0 saturated carbocycles. The summed E-state index contributed by atoms with van der Waals surface area (Å²) in [5.74, 6) is 0.699. The number of aryl methyl sites for hydroxylation is 1. The number of hydrogen-bond acceptors (Lipinski definition) is 4. The summed E-state index contributed by atoms with van der Waals surface area (Å²) in [6.07, 6.45) is 2.63. The Morgan fingerprint density at radius 1 is 1.29 bits per heavy atom. The predicted molar refractivity (Wildman–Crippen MR) is 89.2 cm³/mol. The Hall–Kier alpha value is -2.89. The van der Waals surface area contributed by atoms with E-state index in [4.69, 9.17) is 4.74 Å². The van der Waals surface area contributed by atoms with Gasteiger partial charge in [-0.05, 0) is 25.1 Å². The van der Waals surface area contributed by atoms with E-state index in [0.717, 1.165) is 29.0 Å². The third-order valence-electron chi connectivity index (χ3n) is 4.38. The van der Waals surface area contributed by atoms with E-state index in [1.165, 1.54) is 0 Å². The minimum absolute atomic E-state index is 0.0105. The van der Waals surface area contributed by atoms with Gasteiger partial charge in [-0.15, -0.1) is 0 Å². The highest BCUT2D eigenvalue weighted by Crippen LogP contribution is 2.22. The third kappa shape index (κ3) is 2.40. The predicted octanol–water partition coefficient (Wildman–Crippen LogP) is 2.24. The third-order valence-corrected chi connectivity index (χ3v) is 4.38. The summed E-state index contributed by atoms with van der Waals surface area (Å²) in [5.41, 5.74) is 4.64. The number of amides is 1. The molecule has 1 aliphatic heterocycles. The highest BCUT2D eigenvalue weighted by Gasteiger charge is 2.24. The highest BCUT2D eigenvalue weighted by molar-refractivity contribution is 5.94. The lowest BCUT2D eigenvalue weighted by Crippen LogP contribution is -2.37. The zero-order chi connectivity index (χ0) is 16.7. The maximum Gasteiger partial charge on any atom is 0.254 e. The molecular formula is C18H18N4O2. The first-order chi connectivity index (χ1) is 11.7. The molecule has 0 saturated heterocycles. The lowest BCUT2D eigenvalue weighted by molar-refractivity contribution is 0.0732. The molecule has 4 rings (SSSR count). The molecule has 0 spiro atoms. The van der Waals surface area contributed by atoms with Crippen molar-refractivity contribution >= 4 is 11.6 Å². The molecule has 1 aliphatic rings. The number of benzene rings is 1. The van der Waals surface area contributed by atoms with Crippen LogP contribution >= 0.6 is 0 Å². The first-order valence-corrected chi connectivity index (χ1v) is 7.92. The number of nitrogens with zero attached hydrogens (tertiary/aromatic N) is 4. The van der Waals surface area contributed by atoms with Crippen LogP contribution in [-0.2, 0) is 13.0 Å². The van der Waals surface area contributed by atoms with Crippen LogP contribution in [-0.4, -0.2) is 39.1 Å². The minimum atomic E-state index is 0.0105. The van der Waals surface area contributed by atoms with Gasteiger partial charge in [0, 0.05) is 42.9 Å². The van der Waals surface area contributed by atoms with Crippen LogP contribution in [0.5, 0.6) is 5.75 Å². The molecule has 24 heavy (non-hydrogen) atoms. The van der Waals surface area contributed by atoms with Crippen LogP contribution in [0.3, 0.4) is 0 Å². The molecule has 0 bridgehead atoms. The Morgan fingerprint density at radius 3 is 3.00 bits per heavy atom.